The molecule has 2 aromatic carbocycles. The van der Waals surface area contributed by atoms with Crippen LogP contribution < -0.4 is 15.4 Å². The van der Waals surface area contributed by atoms with Crippen LogP contribution in [0.15, 0.2) is 60.9 Å². The van der Waals surface area contributed by atoms with E-state index in [0.29, 0.717) is 5.11 Å². The van der Waals surface area contributed by atoms with Crippen molar-refractivity contribution in [3.63, 3.8) is 0 Å². The number of methoxy groups -OCH3 is 1. The molecule has 6 heteroatoms. The van der Waals surface area contributed by atoms with Crippen LogP contribution in [-0.2, 0) is 6.54 Å². The minimum atomic E-state index is 0.503. The number of aryl methyl sites for hydroxylation is 1. The van der Waals surface area contributed by atoms with E-state index >= 15 is 0 Å². The quantitative estimate of drug-likeness (QED) is 0.678. The molecular formula is C19H20N4OS. The van der Waals surface area contributed by atoms with Gasteiger partial charge in [0.2, 0.25) is 0 Å². The van der Waals surface area contributed by atoms with Gasteiger partial charge in [-0.1, -0.05) is 35.9 Å². The lowest BCUT2D eigenvalue weighted by atomic mass is 10.1. The molecule has 0 spiro atoms. The van der Waals surface area contributed by atoms with Crippen molar-refractivity contribution >= 4 is 28.7 Å². The summed E-state index contributed by atoms with van der Waals surface area (Å²) in [6, 6.07) is 16.0. The first kappa shape index (κ1) is 17.0. The highest BCUT2D eigenvalue weighted by Gasteiger charge is 2.04. The van der Waals surface area contributed by atoms with Gasteiger partial charge in [-0.2, -0.15) is 5.10 Å². The molecule has 0 radical (unpaired) electrons. The summed E-state index contributed by atoms with van der Waals surface area (Å²) >= 11 is 5.35. The van der Waals surface area contributed by atoms with Crippen LogP contribution in [0.3, 0.4) is 0 Å². The molecule has 0 aliphatic carbocycles. The van der Waals surface area contributed by atoms with E-state index in [2.05, 4.69) is 46.9 Å². The van der Waals surface area contributed by atoms with Crippen molar-refractivity contribution < 1.29 is 4.74 Å². The van der Waals surface area contributed by atoms with E-state index in [1.807, 2.05) is 35.1 Å². The Balaban J connectivity index is 1.59. The highest BCUT2D eigenvalue weighted by atomic mass is 32.1. The Morgan fingerprint density at radius 3 is 2.72 bits per heavy atom. The van der Waals surface area contributed by atoms with Gasteiger partial charge in [-0.05, 0) is 36.8 Å². The summed E-state index contributed by atoms with van der Waals surface area (Å²) in [6.45, 7) is 2.81. The number of hydrogen-bond acceptors (Lipinski definition) is 3. The smallest absolute Gasteiger partial charge is 0.175 e. The number of nitrogens with zero attached hydrogens (tertiary/aromatic N) is 2. The van der Waals surface area contributed by atoms with E-state index in [4.69, 9.17) is 17.0 Å². The number of thiocarbonyl (C=S) groups is 1. The Morgan fingerprint density at radius 2 is 1.92 bits per heavy atom. The van der Waals surface area contributed by atoms with Crippen molar-refractivity contribution in [1.82, 2.24) is 9.78 Å². The molecule has 1 heterocycles. The van der Waals surface area contributed by atoms with Gasteiger partial charge in [0.15, 0.2) is 5.11 Å². The molecule has 0 amide bonds. The van der Waals surface area contributed by atoms with Gasteiger partial charge in [0, 0.05) is 18.0 Å². The summed E-state index contributed by atoms with van der Waals surface area (Å²) < 4.78 is 7.09. The van der Waals surface area contributed by atoms with Gasteiger partial charge in [0.25, 0.3) is 0 Å². The molecule has 5 nitrogen and oxygen atoms in total. The number of aromatic nitrogens is 2. The van der Waals surface area contributed by atoms with Crippen molar-refractivity contribution in [1.29, 1.82) is 0 Å². The van der Waals surface area contributed by atoms with Gasteiger partial charge in [0.1, 0.15) is 5.75 Å². The predicted octanol–water partition coefficient (Wildman–Crippen LogP) is 4.06. The standard InChI is InChI=1S/C19H20N4OS/c1-14-5-3-6-15(9-14)12-23-13-17(11-20-23)22-19(25)21-16-7-4-8-18(10-16)24-2/h3-11,13H,12H2,1-2H3,(H2,21,22,25). The normalized spacial score (nSPS) is 10.3. The highest BCUT2D eigenvalue weighted by molar-refractivity contribution is 7.80. The van der Waals surface area contributed by atoms with E-state index in [0.717, 1.165) is 23.7 Å². The second kappa shape index (κ2) is 7.81. The van der Waals surface area contributed by atoms with Crippen LogP contribution in [0.4, 0.5) is 11.4 Å². The SMILES string of the molecule is COc1cccc(NC(=S)Nc2cnn(Cc3cccc(C)c3)c2)c1. The van der Waals surface area contributed by atoms with Crippen LogP contribution >= 0.6 is 12.2 Å². The molecule has 128 valence electrons. The maximum Gasteiger partial charge on any atom is 0.175 e. The maximum absolute atomic E-state index is 5.35. The fourth-order valence-electron chi connectivity index (χ4n) is 2.51. The van der Waals surface area contributed by atoms with Gasteiger partial charge in [-0.15, -0.1) is 0 Å². The Labute approximate surface area is 152 Å². The third kappa shape index (κ3) is 4.81. The first-order chi connectivity index (χ1) is 12.1. The second-order valence-electron chi connectivity index (χ2n) is 5.73. The summed E-state index contributed by atoms with van der Waals surface area (Å²) in [5, 5.41) is 11.2. The largest absolute Gasteiger partial charge is 0.497 e. The van der Waals surface area contributed by atoms with Crippen molar-refractivity contribution in [2.75, 3.05) is 17.7 Å². The summed E-state index contributed by atoms with van der Waals surface area (Å²) in [6.07, 6.45) is 3.69. The lowest BCUT2D eigenvalue weighted by Gasteiger charge is -2.10. The van der Waals surface area contributed by atoms with Crippen LogP contribution in [0, 0.1) is 6.92 Å². The fraction of sp³-hybridized carbons (Fsp3) is 0.158. The predicted molar refractivity (Wildman–Crippen MR) is 105 cm³/mol. The topological polar surface area (TPSA) is 51.1 Å². The molecule has 0 saturated carbocycles. The second-order valence-corrected chi connectivity index (χ2v) is 6.13. The third-order valence-corrected chi connectivity index (χ3v) is 3.85. The number of hydrogen-bond donors (Lipinski definition) is 2. The van der Waals surface area contributed by atoms with Crippen molar-refractivity contribution in [2.45, 2.75) is 13.5 Å². The third-order valence-electron chi connectivity index (χ3n) is 3.65. The van der Waals surface area contributed by atoms with E-state index in [-0.39, 0.29) is 0 Å². The van der Waals surface area contributed by atoms with Gasteiger partial charge in [-0.25, -0.2) is 0 Å². The van der Waals surface area contributed by atoms with Crippen LogP contribution in [0.25, 0.3) is 0 Å². The zero-order valence-electron chi connectivity index (χ0n) is 14.2. The van der Waals surface area contributed by atoms with E-state index in [1.165, 1.54) is 11.1 Å². The highest BCUT2D eigenvalue weighted by Crippen LogP contribution is 2.17. The Bertz CT molecular complexity index is 875. The van der Waals surface area contributed by atoms with Gasteiger partial charge < -0.3 is 15.4 Å². The van der Waals surface area contributed by atoms with Crippen molar-refractivity contribution in [2.24, 2.45) is 0 Å². The minimum absolute atomic E-state index is 0.503. The first-order valence-corrected chi connectivity index (χ1v) is 8.33. The molecule has 0 atom stereocenters. The van der Waals surface area contributed by atoms with Gasteiger partial charge >= 0.3 is 0 Å². The summed E-state index contributed by atoms with van der Waals surface area (Å²) in [7, 11) is 1.64. The van der Waals surface area contributed by atoms with Crippen molar-refractivity contribution in [3.05, 3.63) is 72.1 Å². The van der Waals surface area contributed by atoms with Crippen LogP contribution in [-0.4, -0.2) is 22.0 Å². The molecular weight excluding hydrogens is 332 g/mol. The Morgan fingerprint density at radius 1 is 1.12 bits per heavy atom. The fourth-order valence-corrected chi connectivity index (χ4v) is 2.74. The van der Waals surface area contributed by atoms with Crippen LogP contribution in [0.5, 0.6) is 5.75 Å². The van der Waals surface area contributed by atoms with E-state index < -0.39 is 0 Å². The molecule has 3 rings (SSSR count). The molecule has 0 bridgehead atoms. The maximum atomic E-state index is 5.35. The Hall–Kier alpha value is -2.86. The molecule has 0 unspecified atom stereocenters. The Kier molecular flexibility index (Phi) is 5.30. The number of nitrogens with one attached hydrogen (secondary N) is 2. The summed E-state index contributed by atoms with van der Waals surface area (Å²) in [5.74, 6) is 0.777. The zero-order valence-corrected chi connectivity index (χ0v) is 15.0. The molecule has 25 heavy (non-hydrogen) atoms. The van der Waals surface area contributed by atoms with Crippen molar-refractivity contribution in [3.8, 4) is 5.75 Å². The van der Waals surface area contributed by atoms with E-state index in [1.54, 1.807) is 13.3 Å². The number of benzene rings is 2. The summed E-state index contributed by atoms with van der Waals surface area (Å²) in [5.41, 5.74) is 4.16. The summed E-state index contributed by atoms with van der Waals surface area (Å²) in [4.78, 5) is 0. The monoisotopic (exact) mass is 352 g/mol. The zero-order chi connectivity index (χ0) is 17.6. The molecule has 0 saturated heterocycles. The molecule has 0 fully saturated rings. The van der Waals surface area contributed by atoms with Crippen LogP contribution in [0.2, 0.25) is 0 Å². The lowest BCUT2D eigenvalue weighted by Crippen LogP contribution is -2.18. The average Bonchev–Trinajstić information content (AvgIpc) is 3.01. The first-order valence-electron chi connectivity index (χ1n) is 7.92. The molecule has 0 aliphatic rings. The van der Waals surface area contributed by atoms with Crippen LogP contribution in [0.1, 0.15) is 11.1 Å². The lowest BCUT2D eigenvalue weighted by molar-refractivity contribution is 0.415. The molecule has 3 aromatic rings. The van der Waals surface area contributed by atoms with E-state index in [9.17, 15) is 0 Å². The number of anilines is 2. The average molecular weight is 352 g/mol. The molecule has 0 aliphatic heterocycles. The molecule has 1 aromatic heterocycles. The number of rotatable bonds is 5. The van der Waals surface area contributed by atoms with Gasteiger partial charge in [-0.3, -0.25) is 4.68 Å². The number of ether oxygens (including phenoxy) is 1. The molecule has 2 N–H and O–H groups in total. The van der Waals surface area contributed by atoms with Gasteiger partial charge in [0.05, 0.1) is 25.5 Å². The minimum Gasteiger partial charge on any atom is -0.497 e.